The van der Waals surface area contributed by atoms with E-state index >= 15 is 0 Å². The van der Waals surface area contributed by atoms with Gasteiger partial charge in [-0.1, -0.05) is 35.9 Å². The zero-order valence-electron chi connectivity index (χ0n) is 14.7. The van der Waals surface area contributed by atoms with E-state index in [0.29, 0.717) is 18.8 Å². The van der Waals surface area contributed by atoms with Crippen LogP contribution in [-0.2, 0) is 17.8 Å². The second kappa shape index (κ2) is 7.37. The van der Waals surface area contributed by atoms with Crippen LogP contribution >= 0.6 is 11.3 Å². The zero-order valence-corrected chi connectivity index (χ0v) is 15.5. The van der Waals surface area contributed by atoms with Crippen molar-refractivity contribution in [3.8, 4) is 10.7 Å². The molecule has 2 aromatic heterocycles. The van der Waals surface area contributed by atoms with Gasteiger partial charge in [-0.15, -0.1) is 21.5 Å². The average molecular weight is 367 g/mol. The maximum Gasteiger partial charge on any atom is 0.227 e. The lowest BCUT2D eigenvalue weighted by atomic mass is 10.1. The summed E-state index contributed by atoms with van der Waals surface area (Å²) < 4.78 is 0. The van der Waals surface area contributed by atoms with E-state index in [-0.39, 0.29) is 11.9 Å². The number of rotatable bonds is 5. The molecule has 1 amide bonds. The third-order valence-electron chi connectivity index (χ3n) is 4.74. The van der Waals surface area contributed by atoms with E-state index in [1.165, 1.54) is 5.56 Å². The third kappa shape index (κ3) is 3.67. The van der Waals surface area contributed by atoms with Gasteiger partial charge in [0, 0.05) is 6.54 Å². The van der Waals surface area contributed by atoms with Crippen molar-refractivity contribution in [1.29, 1.82) is 0 Å². The van der Waals surface area contributed by atoms with Gasteiger partial charge in [-0.05, 0) is 42.0 Å². The molecule has 0 radical (unpaired) electrons. The molecule has 3 heterocycles. The first-order valence-corrected chi connectivity index (χ1v) is 9.74. The highest BCUT2D eigenvalue weighted by atomic mass is 32.1. The van der Waals surface area contributed by atoms with Gasteiger partial charge in [-0.25, -0.2) is 0 Å². The van der Waals surface area contributed by atoms with Gasteiger partial charge in [0.1, 0.15) is 0 Å². The van der Waals surface area contributed by atoms with Gasteiger partial charge in [-0.2, -0.15) is 4.80 Å². The summed E-state index contributed by atoms with van der Waals surface area (Å²) in [6, 6.07) is 12.3. The molecular weight excluding hydrogens is 346 g/mol. The van der Waals surface area contributed by atoms with E-state index in [9.17, 15) is 4.79 Å². The average Bonchev–Trinajstić information content (AvgIpc) is 3.38. The molecule has 0 spiro atoms. The van der Waals surface area contributed by atoms with Gasteiger partial charge in [-0.3, -0.25) is 4.79 Å². The number of nitrogens with zero attached hydrogens (tertiary/aromatic N) is 5. The number of likely N-dealkylation sites (tertiary alicyclic amines) is 1. The van der Waals surface area contributed by atoms with Crippen LogP contribution in [0.5, 0.6) is 0 Å². The molecule has 0 N–H and O–H groups in total. The van der Waals surface area contributed by atoms with E-state index in [0.717, 1.165) is 29.8 Å². The van der Waals surface area contributed by atoms with Crippen LogP contribution in [-0.4, -0.2) is 43.6 Å². The largest absolute Gasteiger partial charge is 0.337 e. The van der Waals surface area contributed by atoms with Crippen LogP contribution in [0.15, 0.2) is 41.8 Å². The number of thiophene rings is 1. The van der Waals surface area contributed by atoms with Crippen molar-refractivity contribution in [2.45, 2.75) is 38.8 Å². The molecule has 0 aliphatic carbocycles. The normalized spacial score (nSPS) is 17.0. The number of hydrogen-bond acceptors (Lipinski definition) is 5. The lowest BCUT2D eigenvalue weighted by molar-refractivity contribution is -0.131. The Hall–Kier alpha value is -2.54. The van der Waals surface area contributed by atoms with Gasteiger partial charge in [0.25, 0.3) is 0 Å². The Bertz CT molecular complexity index is 872. The van der Waals surface area contributed by atoms with E-state index in [2.05, 4.69) is 34.5 Å². The molecule has 1 aromatic carbocycles. The maximum atomic E-state index is 12.8. The number of carbonyl (C=O) groups excluding carboxylic acids is 1. The van der Waals surface area contributed by atoms with Crippen LogP contribution < -0.4 is 0 Å². The summed E-state index contributed by atoms with van der Waals surface area (Å²) in [6.45, 7) is 3.46. The van der Waals surface area contributed by atoms with Gasteiger partial charge in [0.05, 0.1) is 23.9 Å². The van der Waals surface area contributed by atoms with Crippen molar-refractivity contribution in [3.05, 3.63) is 52.9 Å². The summed E-state index contributed by atoms with van der Waals surface area (Å²) in [5.74, 6) is 0.825. The summed E-state index contributed by atoms with van der Waals surface area (Å²) in [6.07, 6.45) is 2.45. The predicted octanol–water partition coefficient (Wildman–Crippen LogP) is 2.94. The number of aryl methyl sites for hydroxylation is 1. The molecule has 0 saturated carbocycles. The first kappa shape index (κ1) is 16.9. The van der Waals surface area contributed by atoms with E-state index in [4.69, 9.17) is 0 Å². The van der Waals surface area contributed by atoms with Crippen molar-refractivity contribution in [3.63, 3.8) is 0 Å². The molecule has 1 aliphatic rings. The molecule has 0 bridgehead atoms. The molecule has 134 valence electrons. The Morgan fingerprint density at radius 1 is 1.27 bits per heavy atom. The van der Waals surface area contributed by atoms with Crippen LogP contribution in [0.3, 0.4) is 0 Å². The van der Waals surface area contributed by atoms with Gasteiger partial charge in [0.15, 0.2) is 0 Å². The second-order valence-electron chi connectivity index (χ2n) is 6.69. The summed E-state index contributed by atoms with van der Waals surface area (Å²) in [5.41, 5.74) is 2.27. The van der Waals surface area contributed by atoms with Crippen LogP contribution in [0.25, 0.3) is 10.7 Å². The topological polar surface area (TPSA) is 63.9 Å². The van der Waals surface area contributed by atoms with Crippen LogP contribution in [0.2, 0.25) is 0 Å². The van der Waals surface area contributed by atoms with Gasteiger partial charge >= 0.3 is 0 Å². The number of tetrazole rings is 1. The molecule has 1 aliphatic heterocycles. The maximum absolute atomic E-state index is 12.8. The standard InChI is InChI=1S/C19H21N5OS/c1-14-6-8-15(9-7-14)12-18(25)23-10-2-4-16(23)13-24-21-19(20-22-24)17-5-3-11-26-17/h3,5-9,11,16H,2,4,10,12-13H2,1H3/t16-/m1/s1. The Balaban J connectivity index is 1.41. The first-order valence-electron chi connectivity index (χ1n) is 8.86. The SMILES string of the molecule is Cc1ccc(CC(=O)N2CCC[C@@H]2Cn2nnc(-c3cccs3)n2)cc1. The number of aromatic nitrogens is 4. The molecule has 3 aromatic rings. The van der Waals surface area contributed by atoms with Crippen molar-refractivity contribution in [2.75, 3.05) is 6.54 Å². The third-order valence-corrected chi connectivity index (χ3v) is 5.61. The molecule has 4 rings (SSSR count). The minimum Gasteiger partial charge on any atom is -0.337 e. The summed E-state index contributed by atoms with van der Waals surface area (Å²) in [5, 5.41) is 14.8. The molecule has 1 fully saturated rings. The number of hydrogen-bond donors (Lipinski definition) is 0. The highest BCUT2D eigenvalue weighted by Crippen LogP contribution is 2.22. The molecule has 6 nitrogen and oxygen atoms in total. The number of benzene rings is 1. The highest BCUT2D eigenvalue weighted by molar-refractivity contribution is 7.13. The minimum absolute atomic E-state index is 0.137. The van der Waals surface area contributed by atoms with Crippen molar-refractivity contribution in [2.24, 2.45) is 0 Å². The lowest BCUT2D eigenvalue weighted by Gasteiger charge is -2.24. The summed E-state index contributed by atoms with van der Waals surface area (Å²) >= 11 is 1.60. The quantitative estimate of drug-likeness (QED) is 0.695. The molecule has 26 heavy (non-hydrogen) atoms. The van der Waals surface area contributed by atoms with Crippen molar-refractivity contribution in [1.82, 2.24) is 25.1 Å². The van der Waals surface area contributed by atoms with E-state index in [1.807, 2.05) is 34.5 Å². The fourth-order valence-electron chi connectivity index (χ4n) is 3.35. The van der Waals surface area contributed by atoms with Crippen LogP contribution in [0, 0.1) is 6.92 Å². The Kier molecular flexibility index (Phi) is 4.79. The van der Waals surface area contributed by atoms with E-state index < -0.39 is 0 Å². The number of amides is 1. The summed E-state index contributed by atoms with van der Waals surface area (Å²) in [4.78, 5) is 17.4. The van der Waals surface area contributed by atoms with Crippen LogP contribution in [0.4, 0.5) is 0 Å². The smallest absolute Gasteiger partial charge is 0.227 e. The van der Waals surface area contributed by atoms with Crippen molar-refractivity contribution >= 4 is 17.2 Å². The predicted molar refractivity (Wildman–Crippen MR) is 101 cm³/mol. The second-order valence-corrected chi connectivity index (χ2v) is 7.64. The first-order chi connectivity index (χ1) is 12.7. The minimum atomic E-state index is 0.137. The fourth-order valence-corrected chi connectivity index (χ4v) is 4.00. The molecular formula is C19H21N5OS. The lowest BCUT2D eigenvalue weighted by Crippen LogP contribution is -2.39. The van der Waals surface area contributed by atoms with E-state index in [1.54, 1.807) is 16.1 Å². The van der Waals surface area contributed by atoms with Gasteiger partial charge < -0.3 is 4.90 Å². The van der Waals surface area contributed by atoms with Crippen LogP contribution in [0.1, 0.15) is 24.0 Å². The highest BCUT2D eigenvalue weighted by Gasteiger charge is 2.29. The Morgan fingerprint density at radius 3 is 2.88 bits per heavy atom. The monoisotopic (exact) mass is 367 g/mol. The molecule has 7 heteroatoms. The zero-order chi connectivity index (χ0) is 17.9. The Labute approximate surface area is 156 Å². The molecule has 0 unspecified atom stereocenters. The fraction of sp³-hybridized carbons (Fsp3) is 0.368. The molecule has 1 saturated heterocycles. The van der Waals surface area contributed by atoms with Gasteiger partial charge in [0.2, 0.25) is 11.7 Å². The Morgan fingerprint density at radius 2 is 2.12 bits per heavy atom. The summed E-state index contributed by atoms with van der Waals surface area (Å²) in [7, 11) is 0. The van der Waals surface area contributed by atoms with Crippen molar-refractivity contribution < 1.29 is 4.79 Å². The number of carbonyl (C=O) groups is 1. The molecule has 1 atom stereocenters.